The van der Waals surface area contributed by atoms with Gasteiger partial charge in [-0.25, -0.2) is 4.98 Å². The van der Waals surface area contributed by atoms with E-state index in [-0.39, 0.29) is 34.9 Å². The number of rotatable bonds is 7. The Balaban J connectivity index is 2.14. The average molecular weight is 350 g/mol. The third-order valence-corrected chi connectivity index (χ3v) is 4.77. The number of primary amides is 1. The molecule has 1 amide bonds. The van der Waals surface area contributed by atoms with Crippen molar-refractivity contribution in [2.75, 3.05) is 10.6 Å². The second-order valence-corrected chi connectivity index (χ2v) is 7.14. The molecule has 0 saturated heterocycles. The number of nitro groups is 1. The lowest BCUT2D eigenvalue weighted by atomic mass is 9.85. The minimum absolute atomic E-state index is 0.0243. The van der Waals surface area contributed by atoms with E-state index >= 15 is 0 Å². The number of anilines is 2. The Morgan fingerprint density at radius 2 is 2.04 bits per heavy atom. The largest absolute Gasteiger partial charge is 0.369 e. The Bertz CT molecular complexity index is 641. The summed E-state index contributed by atoms with van der Waals surface area (Å²) in [6.07, 6.45) is 4.88. The van der Waals surface area contributed by atoms with E-state index in [1.807, 2.05) is 20.8 Å². The fourth-order valence-corrected chi connectivity index (χ4v) is 2.78. The van der Waals surface area contributed by atoms with Gasteiger partial charge in [-0.1, -0.05) is 6.92 Å². The quantitative estimate of drug-likeness (QED) is 0.507. The van der Waals surface area contributed by atoms with E-state index in [9.17, 15) is 14.9 Å². The van der Waals surface area contributed by atoms with E-state index in [0.29, 0.717) is 18.8 Å². The van der Waals surface area contributed by atoms with Crippen LogP contribution in [0.15, 0.2) is 6.20 Å². The molecule has 9 nitrogen and oxygen atoms in total. The minimum Gasteiger partial charge on any atom is -0.369 e. The van der Waals surface area contributed by atoms with Crippen LogP contribution in [0.5, 0.6) is 0 Å². The van der Waals surface area contributed by atoms with E-state index in [4.69, 9.17) is 5.73 Å². The molecule has 1 aliphatic rings. The molecular formula is C16H26N6O3. The Kier molecular flexibility index (Phi) is 5.76. The van der Waals surface area contributed by atoms with E-state index < -0.39 is 4.92 Å². The normalized spacial score (nSPS) is 20.8. The molecule has 0 aliphatic heterocycles. The Morgan fingerprint density at radius 1 is 1.40 bits per heavy atom. The van der Waals surface area contributed by atoms with Gasteiger partial charge >= 0.3 is 5.69 Å². The highest BCUT2D eigenvalue weighted by Gasteiger charge is 2.27. The number of aromatic nitrogens is 2. The second kappa shape index (κ2) is 7.62. The minimum atomic E-state index is -0.494. The molecule has 1 saturated carbocycles. The number of carbonyl (C=O) groups is 1. The predicted molar refractivity (Wildman–Crippen MR) is 95.2 cm³/mol. The van der Waals surface area contributed by atoms with Crippen LogP contribution in [0.4, 0.5) is 17.5 Å². The van der Waals surface area contributed by atoms with E-state index in [0.717, 1.165) is 19.3 Å². The lowest BCUT2D eigenvalue weighted by Gasteiger charge is -2.28. The molecule has 0 atom stereocenters. The van der Waals surface area contributed by atoms with Crippen molar-refractivity contribution in [1.82, 2.24) is 9.97 Å². The van der Waals surface area contributed by atoms with Crippen LogP contribution in [0.3, 0.4) is 0 Å². The summed E-state index contributed by atoms with van der Waals surface area (Å²) >= 11 is 0. The zero-order valence-corrected chi connectivity index (χ0v) is 14.9. The molecule has 0 aromatic carbocycles. The topological polar surface area (TPSA) is 136 Å². The third-order valence-electron chi connectivity index (χ3n) is 4.77. The summed E-state index contributed by atoms with van der Waals surface area (Å²) in [7, 11) is 0. The maximum Gasteiger partial charge on any atom is 0.329 e. The first-order valence-corrected chi connectivity index (χ1v) is 8.57. The Hall–Kier alpha value is -2.45. The molecule has 0 radical (unpaired) electrons. The van der Waals surface area contributed by atoms with Crippen molar-refractivity contribution < 1.29 is 9.72 Å². The van der Waals surface area contributed by atoms with Crippen molar-refractivity contribution in [1.29, 1.82) is 0 Å². The molecule has 138 valence electrons. The first kappa shape index (κ1) is 18.9. The van der Waals surface area contributed by atoms with Crippen molar-refractivity contribution in [3.63, 3.8) is 0 Å². The Morgan fingerprint density at radius 3 is 2.56 bits per heavy atom. The number of hydrogen-bond donors (Lipinski definition) is 3. The number of hydrogen-bond acceptors (Lipinski definition) is 7. The predicted octanol–water partition coefficient (Wildman–Crippen LogP) is 2.44. The van der Waals surface area contributed by atoms with Crippen molar-refractivity contribution in [3.8, 4) is 0 Å². The summed E-state index contributed by atoms with van der Waals surface area (Å²) in [5.41, 5.74) is 4.97. The SMILES string of the molecule is CCC(C)(C)Nc1ncc([N+](=O)[O-])c(NC2CCC(C(N)=O)CC2)n1. The van der Waals surface area contributed by atoms with Crippen LogP contribution in [-0.4, -0.2) is 32.4 Å². The average Bonchev–Trinajstić information content (AvgIpc) is 2.55. The monoisotopic (exact) mass is 350 g/mol. The third kappa shape index (κ3) is 5.01. The maximum atomic E-state index is 11.3. The van der Waals surface area contributed by atoms with Gasteiger partial charge in [0.25, 0.3) is 0 Å². The van der Waals surface area contributed by atoms with E-state index in [1.54, 1.807) is 0 Å². The lowest BCUT2D eigenvalue weighted by molar-refractivity contribution is -0.384. The van der Waals surface area contributed by atoms with Gasteiger partial charge < -0.3 is 16.4 Å². The fourth-order valence-electron chi connectivity index (χ4n) is 2.78. The standard InChI is InChI=1S/C16H26N6O3/c1-4-16(2,3)21-15-18-9-12(22(24)25)14(20-15)19-11-7-5-10(6-8-11)13(17)23/h9-11H,4-8H2,1-3H3,(H2,17,23)(H2,18,19,20,21). The molecule has 4 N–H and O–H groups in total. The van der Waals surface area contributed by atoms with Gasteiger partial charge in [0.05, 0.1) is 4.92 Å². The molecule has 1 aromatic rings. The van der Waals surface area contributed by atoms with Gasteiger partial charge in [0.2, 0.25) is 17.7 Å². The molecule has 0 unspecified atom stereocenters. The summed E-state index contributed by atoms with van der Waals surface area (Å²) < 4.78 is 0. The number of nitrogens with one attached hydrogen (secondary N) is 2. The molecule has 1 aliphatic carbocycles. The summed E-state index contributed by atoms with van der Waals surface area (Å²) in [5, 5.41) is 17.6. The van der Waals surface area contributed by atoms with Gasteiger partial charge in [0.15, 0.2) is 0 Å². The second-order valence-electron chi connectivity index (χ2n) is 7.14. The molecule has 1 aromatic heterocycles. The van der Waals surface area contributed by atoms with Gasteiger partial charge in [0.1, 0.15) is 6.20 Å². The summed E-state index contributed by atoms with van der Waals surface area (Å²) in [5.74, 6) is 0.170. The van der Waals surface area contributed by atoms with Gasteiger partial charge in [0, 0.05) is 17.5 Å². The van der Waals surface area contributed by atoms with Crippen LogP contribution in [0.25, 0.3) is 0 Å². The number of amides is 1. The lowest BCUT2D eigenvalue weighted by Crippen LogP contribution is -2.33. The molecule has 0 spiro atoms. The van der Waals surface area contributed by atoms with Crippen LogP contribution in [0.2, 0.25) is 0 Å². The van der Waals surface area contributed by atoms with Gasteiger partial charge in [-0.2, -0.15) is 4.98 Å². The van der Waals surface area contributed by atoms with Crippen LogP contribution in [-0.2, 0) is 4.79 Å². The summed E-state index contributed by atoms with van der Waals surface area (Å²) in [4.78, 5) is 30.4. The summed E-state index contributed by atoms with van der Waals surface area (Å²) in [6, 6.07) is 0.0243. The van der Waals surface area contributed by atoms with Crippen LogP contribution in [0, 0.1) is 16.0 Å². The molecular weight excluding hydrogens is 324 g/mol. The zero-order valence-electron chi connectivity index (χ0n) is 14.9. The van der Waals surface area contributed by atoms with Crippen molar-refractivity contribution in [3.05, 3.63) is 16.3 Å². The Labute approximate surface area is 146 Å². The smallest absolute Gasteiger partial charge is 0.329 e. The van der Waals surface area contributed by atoms with Crippen molar-refractivity contribution in [2.45, 2.75) is 64.5 Å². The van der Waals surface area contributed by atoms with Gasteiger partial charge in [-0.05, 0) is 46.0 Å². The van der Waals surface area contributed by atoms with Crippen molar-refractivity contribution in [2.24, 2.45) is 11.7 Å². The van der Waals surface area contributed by atoms with E-state index in [1.165, 1.54) is 6.20 Å². The number of nitrogens with zero attached hydrogens (tertiary/aromatic N) is 3. The first-order chi connectivity index (χ1) is 11.7. The molecule has 25 heavy (non-hydrogen) atoms. The summed E-state index contributed by atoms with van der Waals surface area (Å²) in [6.45, 7) is 6.06. The van der Waals surface area contributed by atoms with E-state index in [2.05, 4.69) is 20.6 Å². The maximum absolute atomic E-state index is 11.3. The fraction of sp³-hybridized carbons (Fsp3) is 0.688. The van der Waals surface area contributed by atoms with Crippen LogP contribution < -0.4 is 16.4 Å². The van der Waals surface area contributed by atoms with Gasteiger partial charge in [-0.3, -0.25) is 14.9 Å². The molecule has 2 rings (SSSR count). The number of carbonyl (C=O) groups excluding carboxylic acids is 1. The molecule has 1 fully saturated rings. The van der Waals surface area contributed by atoms with Crippen LogP contribution >= 0.6 is 0 Å². The molecule has 0 bridgehead atoms. The highest BCUT2D eigenvalue weighted by atomic mass is 16.6. The number of nitrogens with two attached hydrogens (primary N) is 1. The van der Waals surface area contributed by atoms with Crippen LogP contribution in [0.1, 0.15) is 52.9 Å². The highest BCUT2D eigenvalue weighted by Crippen LogP contribution is 2.30. The highest BCUT2D eigenvalue weighted by molar-refractivity contribution is 5.76. The first-order valence-electron chi connectivity index (χ1n) is 8.57. The zero-order chi connectivity index (χ0) is 18.6. The molecule has 1 heterocycles. The molecule has 9 heteroatoms. The van der Waals surface area contributed by atoms with Crippen molar-refractivity contribution >= 4 is 23.4 Å². The van der Waals surface area contributed by atoms with Gasteiger partial charge in [-0.15, -0.1) is 0 Å².